The fraction of sp³-hybridized carbons (Fsp3) is 0.733. The van der Waals surface area contributed by atoms with Crippen LogP contribution in [0.15, 0.2) is 4.52 Å². The Morgan fingerprint density at radius 1 is 1.26 bits per heavy atom. The number of carbonyl (C=O) groups is 1. The Balaban J connectivity index is 1.54. The van der Waals surface area contributed by atoms with Gasteiger partial charge in [-0.1, -0.05) is 5.16 Å². The zero-order valence-corrected chi connectivity index (χ0v) is 14.4. The first kappa shape index (κ1) is 16.4. The van der Waals surface area contributed by atoms with Crippen LogP contribution >= 0.6 is 0 Å². The Morgan fingerprint density at radius 3 is 2.48 bits per heavy atom. The summed E-state index contributed by atoms with van der Waals surface area (Å²) in [5, 5.41) is 3.88. The molecule has 7 nitrogen and oxygen atoms in total. The average molecular weight is 341 g/mol. The van der Waals surface area contributed by atoms with Crippen LogP contribution in [-0.4, -0.2) is 73.0 Å². The second-order valence-corrected chi connectivity index (χ2v) is 8.68. The molecule has 1 unspecified atom stereocenters. The third-order valence-electron chi connectivity index (χ3n) is 4.90. The summed E-state index contributed by atoms with van der Waals surface area (Å²) in [6, 6.07) is 0.125. The van der Waals surface area contributed by atoms with Crippen molar-refractivity contribution < 1.29 is 17.7 Å². The molecule has 0 N–H and O–H groups in total. The monoisotopic (exact) mass is 341 g/mol. The summed E-state index contributed by atoms with van der Waals surface area (Å²) in [5.41, 5.74) is 1.64. The molecule has 0 spiro atoms. The lowest BCUT2D eigenvalue weighted by Gasteiger charge is -2.37. The Labute approximate surface area is 136 Å². The fourth-order valence-corrected chi connectivity index (χ4v) is 5.18. The smallest absolute Gasteiger partial charge is 0.227 e. The van der Waals surface area contributed by atoms with Crippen molar-refractivity contribution in [1.29, 1.82) is 0 Å². The molecule has 1 amide bonds. The van der Waals surface area contributed by atoms with Crippen LogP contribution in [0.3, 0.4) is 0 Å². The van der Waals surface area contributed by atoms with Gasteiger partial charge in [0.2, 0.25) is 5.91 Å². The molecule has 2 saturated heterocycles. The van der Waals surface area contributed by atoms with E-state index in [1.807, 2.05) is 18.7 Å². The molecule has 3 heterocycles. The Bertz CT molecular complexity index is 670. The number of hydrogen-bond acceptors (Lipinski definition) is 6. The van der Waals surface area contributed by atoms with Gasteiger partial charge in [-0.2, -0.15) is 0 Å². The summed E-state index contributed by atoms with van der Waals surface area (Å²) < 4.78 is 28.3. The molecule has 2 fully saturated rings. The summed E-state index contributed by atoms with van der Waals surface area (Å²) >= 11 is 0. The molecular formula is C15H23N3O4S. The van der Waals surface area contributed by atoms with Crippen LogP contribution in [0.25, 0.3) is 0 Å². The van der Waals surface area contributed by atoms with E-state index < -0.39 is 9.84 Å². The van der Waals surface area contributed by atoms with Gasteiger partial charge in [0.1, 0.15) is 5.76 Å². The number of nitrogens with zero attached hydrogens (tertiary/aromatic N) is 3. The predicted octanol–water partition coefficient (Wildman–Crippen LogP) is 0.165. The maximum Gasteiger partial charge on any atom is 0.227 e. The molecule has 2 aliphatic rings. The normalized spacial score (nSPS) is 25.0. The topological polar surface area (TPSA) is 83.7 Å². The lowest BCUT2D eigenvalue weighted by molar-refractivity contribution is -0.132. The van der Waals surface area contributed by atoms with E-state index in [1.54, 1.807) is 0 Å². The van der Waals surface area contributed by atoms with Crippen LogP contribution in [0.2, 0.25) is 0 Å². The van der Waals surface area contributed by atoms with Gasteiger partial charge in [-0.05, 0) is 20.3 Å². The molecular weight excluding hydrogens is 318 g/mol. The minimum absolute atomic E-state index is 0.0816. The lowest BCUT2D eigenvalue weighted by Crippen LogP contribution is -2.52. The zero-order valence-electron chi connectivity index (χ0n) is 13.6. The molecule has 8 heteroatoms. The van der Waals surface area contributed by atoms with Crippen LogP contribution in [0, 0.1) is 13.8 Å². The summed E-state index contributed by atoms with van der Waals surface area (Å²) in [6.07, 6.45) is 1.04. The highest BCUT2D eigenvalue weighted by molar-refractivity contribution is 7.91. The summed E-state index contributed by atoms with van der Waals surface area (Å²) in [5.74, 6) is 1.34. The first-order valence-corrected chi connectivity index (χ1v) is 9.82. The molecule has 0 aliphatic carbocycles. The van der Waals surface area contributed by atoms with Crippen molar-refractivity contribution >= 4 is 15.7 Å². The first-order valence-electron chi connectivity index (χ1n) is 8.00. The molecule has 0 bridgehead atoms. The van der Waals surface area contributed by atoms with E-state index >= 15 is 0 Å². The minimum atomic E-state index is -2.86. The van der Waals surface area contributed by atoms with E-state index in [2.05, 4.69) is 10.1 Å². The molecule has 3 rings (SSSR count). The molecule has 0 radical (unpaired) electrons. The van der Waals surface area contributed by atoms with Gasteiger partial charge < -0.3 is 9.42 Å². The standard InChI is InChI=1S/C15H23N3O4S/c1-11-14(12(2)22-16-11)9-15(19)18-6-4-17(5-7-18)13-3-8-23(20,21)10-13/h13H,3-10H2,1-2H3. The number of rotatable bonds is 3. The highest BCUT2D eigenvalue weighted by Gasteiger charge is 2.34. The number of aromatic nitrogens is 1. The zero-order chi connectivity index (χ0) is 16.6. The third kappa shape index (κ3) is 3.58. The number of aryl methyl sites for hydroxylation is 2. The number of sulfone groups is 1. The van der Waals surface area contributed by atoms with Crippen LogP contribution in [-0.2, 0) is 21.1 Å². The molecule has 0 aromatic carbocycles. The van der Waals surface area contributed by atoms with E-state index in [-0.39, 0.29) is 17.7 Å². The van der Waals surface area contributed by atoms with E-state index in [0.717, 1.165) is 30.8 Å². The van der Waals surface area contributed by atoms with Gasteiger partial charge in [0.05, 0.1) is 23.6 Å². The second kappa shape index (κ2) is 6.24. The molecule has 128 valence electrons. The van der Waals surface area contributed by atoms with Gasteiger partial charge in [-0.15, -0.1) is 0 Å². The van der Waals surface area contributed by atoms with Crippen molar-refractivity contribution in [2.45, 2.75) is 32.7 Å². The fourth-order valence-electron chi connectivity index (χ4n) is 3.42. The maximum absolute atomic E-state index is 12.4. The molecule has 1 aromatic heterocycles. The second-order valence-electron chi connectivity index (χ2n) is 6.45. The molecule has 0 saturated carbocycles. The van der Waals surface area contributed by atoms with Crippen molar-refractivity contribution in [3.05, 3.63) is 17.0 Å². The van der Waals surface area contributed by atoms with Crippen LogP contribution in [0.4, 0.5) is 0 Å². The first-order chi connectivity index (χ1) is 10.9. The van der Waals surface area contributed by atoms with Crippen LogP contribution < -0.4 is 0 Å². The van der Waals surface area contributed by atoms with Gasteiger partial charge in [0.25, 0.3) is 0 Å². The highest BCUT2D eigenvalue weighted by atomic mass is 32.2. The third-order valence-corrected chi connectivity index (χ3v) is 6.65. The summed E-state index contributed by atoms with van der Waals surface area (Å²) in [7, 11) is -2.86. The maximum atomic E-state index is 12.4. The molecule has 1 aromatic rings. The van der Waals surface area contributed by atoms with E-state index in [0.29, 0.717) is 31.0 Å². The Kier molecular flexibility index (Phi) is 4.46. The van der Waals surface area contributed by atoms with Crippen molar-refractivity contribution in [3.63, 3.8) is 0 Å². The SMILES string of the molecule is Cc1noc(C)c1CC(=O)N1CCN(C2CCS(=O)(=O)C2)CC1. The quantitative estimate of drug-likeness (QED) is 0.779. The number of carbonyl (C=O) groups excluding carboxylic acids is 1. The van der Waals surface area contributed by atoms with Crippen molar-refractivity contribution in [2.24, 2.45) is 0 Å². The van der Waals surface area contributed by atoms with E-state index in [4.69, 9.17) is 4.52 Å². The molecule has 23 heavy (non-hydrogen) atoms. The van der Waals surface area contributed by atoms with Gasteiger partial charge >= 0.3 is 0 Å². The van der Waals surface area contributed by atoms with Crippen LogP contribution in [0.1, 0.15) is 23.4 Å². The lowest BCUT2D eigenvalue weighted by atomic mass is 10.1. The van der Waals surface area contributed by atoms with Gasteiger partial charge in [-0.25, -0.2) is 8.42 Å². The van der Waals surface area contributed by atoms with Crippen molar-refractivity contribution in [2.75, 3.05) is 37.7 Å². The average Bonchev–Trinajstić information content (AvgIpc) is 3.04. The Hall–Kier alpha value is -1.41. The van der Waals surface area contributed by atoms with Crippen LogP contribution in [0.5, 0.6) is 0 Å². The van der Waals surface area contributed by atoms with Gasteiger partial charge in [0.15, 0.2) is 9.84 Å². The van der Waals surface area contributed by atoms with Gasteiger partial charge in [-0.3, -0.25) is 9.69 Å². The summed E-state index contributed by atoms with van der Waals surface area (Å²) in [4.78, 5) is 16.5. The summed E-state index contributed by atoms with van der Waals surface area (Å²) in [6.45, 7) is 6.46. The highest BCUT2D eigenvalue weighted by Crippen LogP contribution is 2.20. The largest absolute Gasteiger partial charge is 0.361 e. The van der Waals surface area contributed by atoms with Gasteiger partial charge in [0, 0.05) is 37.8 Å². The molecule has 1 atom stereocenters. The predicted molar refractivity (Wildman–Crippen MR) is 84.9 cm³/mol. The number of amides is 1. The van der Waals surface area contributed by atoms with E-state index in [9.17, 15) is 13.2 Å². The van der Waals surface area contributed by atoms with Crippen molar-refractivity contribution in [3.8, 4) is 0 Å². The van der Waals surface area contributed by atoms with E-state index in [1.165, 1.54) is 0 Å². The minimum Gasteiger partial charge on any atom is -0.361 e. The number of hydrogen-bond donors (Lipinski definition) is 0. The number of piperazine rings is 1. The van der Waals surface area contributed by atoms with Crippen molar-refractivity contribution in [1.82, 2.24) is 15.0 Å². The Morgan fingerprint density at radius 2 is 1.96 bits per heavy atom. The molecule has 2 aliphatic heterocycles.